The van der Waals surface area contributed by atoms with Gasteiger partial charge in [-0.1, -0.05) is 6.42 Å². The number of ether oxygens (including phenoxy) is 1. The molecule has 2 heterocycles. The largest absolute Gasteiger partial charge is 0.477 e. The van der Waals surface area contributed by atoms with Crippen molar-refractivity contribution in [2.75, 3.05) is 25.1 Å². The highest BCUT2D eigenvalue weighted by Gasteiger charge is 2.46. The van der Waals surface area contributed by atoms with E-state index in [1.807, 2.05) is 6.92 Å². The summed E-state index contributed by atoms with van der Waals surface area (Å²) in [4.78, 5) is 22.0. The fourth-order valence-corrected chi connectivity index (χ4v) is 4.08. The van der Waals surface area contributed by atoms with Crippen molar-refractivity contribution in [3.05, 3.63) is 17.5 Å². The van der Waals surface area contributed by atoms with Crippen molar-refractivity contribution in [3.8, 4) is 0 Å². The van der Waals surface area contributed by atoms with Gasteiger partial charge in [-0.05, 0) is 38.7 Å². The molecule has 3 rings (SSSR count). The molecule has 1 N–H and O–H groups in total. The number of aryl methyl sites for hydroxylation is 1. The Hall–Kier alpha value is -1.69. The summed E-state index contributed by atoms with van der Waals surface area (Å²) in [5, 5.41) is 9.19. The van der Waals surface area contributed by atoms with Gasteiger partial charge in [0.15, 0.2) is 5.69 Å². The molecule has 1 aliphatic heterocycles. The molecule has 1 aromatic rings. The molecule has 2 fully saturated rings. The highest BCUT2D eigenvalue weighted by atomic mass is 16.5. The fraction of sp³-hybridized carbons (Fsp3) is 0.688. The predicted molar refractivity (Wildman–Crippen MR) is 82.3 cm³/mol. The molecule has 1 aliphatic carbocycles. The van der Waals surface area contributed by atoms with Crippen LogP contribution in [0.3, 0.4) is 0 Å². The third-order valence-corrected chi connectivity index (χ3v) is 5.06. The summed E-state index contributed by atoms with van der Waals surface area (Å²) in [6, 6.07) is 1.51. The van der Waals surface area contributed by atoms with Gasteiger partial charge in [0.25, 0.3) is 0 Å². The lowest BCUT2D eigenvalue weighted by Crippen LogP contribution is -2.48. The van der Waals surface area contributed by atoms with Crippen LogP contribution < -0.4 is 4.90 Å². The van der Waals surface area contributed by atoms with Crippen molar-refractivity contribution in [2.45, 2.75) is 45.1 Å². The maximum atomic E-state index is 11.2. The predicted octanol–water partition coefficient (Wildman–Crippen LogP) is 2.27. The lowest BCUT2D eigenvalue weighted by molar-refractivity contribution is 0.00202. The van der Waals surface area contributed by atoms with Crippen LogP contribution in [-0.4, -0.2) is 47.3 Å². The second-order valence-electron chi connectivity index (χ2n) is 6.50. The average Bonchev–Trinajstić information content (AvgIpc) is 2.88. The summed E-state index contributed by atoms with van der Waals surface area (Å²) in [7, 11) is 1.79. The van der Waals surface area contributed by atoms with Crippen molar-refractivity contribution >= 4 is 11.9 Å². The Bertz CT molecular complexity index is 578. The zero-order valence-corrected chi connectivity index (χ0v) is 13.2. The minimum absolute atomic E-state index is 0.0665. The summed E-state index contributed by atoms with van der Waals surface area (Å²) < 4.78 is 5.71. The van der Waals surface area contributed by atoms with E-state index in [1.54, 1.807) is 7.11 Å². The van der Waals surface area contributed by atoms with Gasteiger partial charge < -0.3 is 14.7 Å². The first-order valence-electron chi connectivity index (χ1n) is 7.91. The van der Waals surface area contributed by atoms with E-state index in [2.05, 4.69) is 14.9 Å². The number of hydrogen-bond acceptors (Lipinski definition) is 5. The third kappa shape index (κ3) is 2.67. The van der Waals surface area contributed by atoms with E-state index in [1.165, 1.54) is 25.3 Å². The van der Waals surface area contributed by atoms with Crippen LogP contribution in [0.15, 0.2) is 6.07 Å². The molecule has 2 aliphatic rings. The molecule has 1 aromatic heterocycles. The van der Waals surface area contributed by atoms with Crippen LogP contribution in [0, 0.1) is 12.3 Å². The second kappa shape index (κ2) is 5.83. The standard InChI is InChI=1S/C16H23N3O3/c1-11-9-12(14(20)21)18-15(17-11)19-8-4-7-16(10-19)6-3-5-13(16)22-2/h9,13H,3-8,10H2,1-2H3,(H,20,21)/t13-,16+/m1/s1. The quantitative estimate of drug-likeness (QED) is 0.923. The Kier molecular flexibility index (Phi) is 4.04. The zero-order valence-electron chi connectivity index (χ0n) is 13.2. The number of piperidine rings is 1. The van der Waals surface area contributed by atoms with Crippen LogP contribution in [0.4, 0.5) is 5.95 Å². The Labute approximate surface area is 130 Å². The van der Waals surface area contributed by atoms with E-state index in [0.29, 0.717) is 17.7 Å². The van der Waals surface area contributed by atoms with Crippen LogP contribution in [-0.2, 0) is 4.74 Å². The number of carboxylic acid groups (broad SMARTS) is 1. The van der Waals surface area contributed by atoms with E-state index in [9.17, 15) is 9.90 Å². The second-order valence-corrected chi connectivity index (χ2v) is 6.50. The van der Waals surface area contributed by atoms with E-state index in [-0.39, 0.29) is 11.1 Å². The maximum Gasteiger partial charge on any atom is 0.354 e. The van der Waals surface area contributed by atoms with E-state index in [4.69, 9.17) is 4.74 Å². The van der Waals surface area contributed by atoms with Crippen molar-refractivity contribution in [3.63, 3.8) is 0 Å². The molecule has 0 amide bonds. The summed E-state index contributed by atoms with van der Waals surface area (Å²) in [5.41, 5.74) is 0.928. The van der Waals surface area contributed by atoms with Gasteiger partial charge in [-0.25, -0.2) is 14.8 Å². The van der Waals surface area contributed by atoms with Gasteiger partial charge in [-0.2, -0.15) is 0 Å². The maximum absolute atomic E-state index is 11.2. The number of aromatic nitrogens is 2. The molecule has 6 heteroatoms. The number of aromatic carboxylic acids is 1. The minimum Gasteiger partial charge on any atom is -0.477 e. The monoisotopic (exact) mass is 305 g/mol. The van der Waals surface area contributed by atoms with Crippen molar-refractivity contribution in [1.82, 2.24) is 9.97 Å². The normalized spacial score (nSPS) is 28.3. The average molecular weight is 305 g/mol. The molecule has 1 spiro atoms. The van der Waals surface area contributed by atoms with Crippen LogP contribution in [0.1, 0.15) is 48.3 Å². The van der Waals surface area contributed by atoms with Crippen molar-refractivity contribution in [2.24, 2.45) is 5.41 Å². The zero-order chi connectivity index (χ0) is 15.7. The number of methoxy groups -OCH3 is 1. The highest BCUT2D eigenvalue weighted by molar-refractivity contribution is 5.85. The lowest BCUT2D eigenvalue weighted by atomic mass is 9.76. The van der Waals surface area contributed by atoms with E-state index < -0.39 is 5.97 Å². The number of carboxylic acids is 1. The van der Waals surface area contributed by atoms with Crippen LogP contribution in [0.5, 0.6) is 0 Å². The summed E-state index contributed by atoms with van der Waals surface area (Å²) >= 11 is 0. The Morgan fingerprint density at radius 1 is 1.41 bits per heavy atom. The Morgan fingerprint density at radius 3 is 2.91 bits per heavy atom. The van der Waals surface area contributed by atoms with Crippen LogP contribution in [0.25, 0.3) is 0 Å². The third-order valence-electron chi connectivity index (χ3n) is 5.06. The Morgan fingerprint density at radius 2 is 2.18 bits per heavy atom. The molecule has 0 bridgehead atoms. The molecule has 0 radical (unpaired) electrons. The molecule has 0 unspecified atom stereocenters. The highest BCUT2D eigenvalue weighted by Crippen LogP contribution is 2.46. The topological polar surface area (TPSA) is 75.5 Å². The summed E-state index contributed by atoms with van der Waals surface area (Å²) in [6.45, 7) is 3.54. The number of hydrogen-bond donors (Lipinski definition) is 1. The smallest absolute Gasteiger partial charge is 0.354 e. The van der Waals surface area contributed by atoms with Gasteiger partial charge in [0.05, 0.1) is 6.10 Å². The Balaban J connectivity index is 1.87. The molecule has 22 heavy (non-hydrogen) atoms. The van der Waals surface area contributed by atoms with Crippen LogP contribution >= 0.6 is 0 Å². The first kappa shape index (κ1) is 15.2. The first-order chi connectivity index (χ1) is 10.5. The number of rotatable bonds is 3. The molecule has 1 saturated heterocycles. The minimum atomic E-state index is -1.01. The molecule has 1 saturated carbocycles. The van der Waals surface area contributed by atoms with Gasteiger partial charge >= 0.3 is 5.97 Å². The van der Waals surface area contributed by atoms with E-state index >= 15 is 0 Å². The first-order valence-corrected chi connectivity index (χ1v) is 7.91. The van der Waals surface area contributed by atoms with Gasteiger partial charge in [-0.3, -0.25) is 0 Å². The van der Waals surface area contributed by atoms with Gasteiger partial charge in [0.1, 0.15) is 0 Å². The van der Waals surface area contributed by atoms with Gasteiger partial charge in [0, 0.05) is 31.3 Å². The number of nitrogens with zero attached hydrogens (tertiary/aromatic N) is 3. The molecule has 120 valence electrons. The van der Waals surface area contributed by atoms with Crippen LogP contribution in [0.2, 0.25) is 0 Å². The molecule has 2 atom stereocenters. The van der Waals surface area contributed by atoms with E-state index in [0.717, 1.165) is 25.9 Å². The lowest BCUT2D eigenvalue weighted by Gasteiger charge is -2.43. The summed E-state index contributed by atoms with van der Waals surface area (Å²) in [5.74, 6) is -0.465. The number of carbonyl (C=O) groups is 1. The fourth-order valence-electron chi connectivity index (χ4n) is 4.08. The number of anilines is 1. The SMILES string of the molecule is CO[C@@H]1CCC[C@@]12CCCN(c1nc(C)cc(C(=O)O)n1)C2. The summed E-state index contributed by atoms with van der Waals surface area (Å²) in [6.07, 6.45) is 6.00. The van der Waals surface area contributed by atoms with Gasteiger partial charge in [-0.15, -0.1) is 0 Å². The van der Waals surface area contributed by atoms with Crippen molar-refractivity contribution in [1.29, 1.82) is 0 Å². The molecule has 0 aromatic carbocycles. The molecular formula is C16H23N3O3. The van der Waals surface area contributed by atoms with Crippen molar-refractivity contribution < 1.29 is 14.6 Å². The molecular weight excluding hydrogens is 282 g/mol. The van der Waals surface area contributed by atoms with Gasteiger partial charge in [0.2, 0.25) is 5.95 Å². The molecule has 6 nitrogen and oxygen atoms in total.